The fraction of sp³-hybridized carbons (Fsp3) is 0.267. The van der Waals surface area contributed by atoms with Crippen molar-refractivity contribution in [2.45, 2.75) is 10.6 Å². The van der Waals surface area contributed by atoms with Crippen LogP contribution < -0.4 is 16.2 Å². The van der Waals surface area contributed by atoms with Crippen molar-refractivity contribution in [3.8, 4) is 0 Å². The molecule has 1 aromatic heterocycles. The summed E-state index contributed by atoms with van der Waals surface area (Å²) in [5.74, 6) is 1.42. The Morgan fingerprint density at radius 3 is 2.48 bits per heavy atom. The molecule has 2 aromatic rings. The summed E-state index contributed by atoms with van der Waals surface area (Å²) in [7, 11) is -7.51. The van der Waals surface area contributed by atoms with Gasteiger partial charge >= 0.3 is 0 Å². The van der Waals surface area contributed by atoms with Gasteiger partial charge in [-0.15, -0.1) is 11.3 Å². The lowest BCUT2D eigenvalue weighted by Crippen LogP contribution is -2.22. The molecule has 0 amide bonds. The van der Waals surface area contributed by atoms with Crippen molar-refractivity contribution >= 4 is 76.6 Å². The van der Waals surface area contributed by atoms with Crippen molar-refractivity contribution in [3.63, 3.8) is 0 Å². The number of aromatic nitrogens is 1. The Morgan fingerprint density at radius 2 is 1.90 bits per heavy atom. The van der Waals surface area contributed by atoms with Crippen molar-refractivity contribution in [1.29, 1.82) is 0 Å². The molecule has 0 saturated carbocycles. The molecule has 172 valence electrons. The molecule has 16 heteroatoms. The molecule has 2 rings (SSSR count). The number of guanidine groups is 1. The highest BCUT2D eigenvalue weighted by Gasteiger charge is 2.11. The minimum absolute atomic E-state index is 0.0153. The van der Waals surface area contributed by atoms with Crippen LogP contribution in [0.4, 0.5) is 5.13 Å². The van der Waals surface area contributed by atoms with Gasteiger partial charge in [0.25, 0.3) is 10.0 Å². The molecule has 0 aliphatic heterocycles. The van der Waals surface area contributed by atoms with E-state index >= 15 is 0 Å². The zero-order chi connectivity index (χ0) is 23.5. The number of hydrogen-bond donors (Lipinski definition) is 3. The average Bonchev–Trinajstić information content (AvgIpc) is 3.06. The largest absolute Gasteiger partial charge is 0.748 e. The Bertz CT molecular complexity index is 1090. The van der Waals surface area contributed by atoms with Crippen LogP contribution in [-0.2, 0) is 25.9 Å². The number of rotatable bonds is 9. The van der Waals surface area contributed by atoms with Crippen LogP contribution in [0.15, 0.2) is 49.0 Å². The molecule has 1 heterocycles. The van der Waals surface area contributed by atoms with Gasteiger partial charge in [0, 0.05) is 34.2 Å². The van der Waals surface area contributed by atoms with Crippen molar-refractivity contribution in [2.24, 2.45) is 21.5 Å². The summed E-state index contributed by atoms with van der Waals surface area (Å²) in [6.07, 6.45) is 1.81. The topological polar surface area (TPSA) is 193 Å². The highest BCUT2D eigenvalue weighted by Crippen LogP contribution is 2.21. The zero-order valence-electron chi connectivity index (χ0n) is 16.1. The highest BCUT2D eigenvalue weighted by atomic mass is 79.9. The van der Waals surface area contributed by atoms with Gasteiger partial charge in [0.05, 0.1) is 27.0 Å². The predicted octanol–water partition coefficient (Wildman–Crippen LogP) is 1.21. The van der Waals surface area contributed by atoms with E-state index in [0.29, 0.717) is 23.7 Å². The number of sulfonamides is 1. The maximum Gasteiger partial charge on any atom is 0.262 e. The number of thioether (sulfide) groups is 1. The van der Waals surface area contributed by atoms with E-state index in [2.05, 4.69) is 35.6 Å². The van der Waals surface area contributed by atoms with Crippen LogP contribution in [-0.4, -0.2) is 57.2 Å². The van der Waals surface area contributed by atoms with Gasteiger partial charge in [-0.2, -0.15) is 16.8 Å². The minimum Gasteiger partial charge on any atom is -0.748 e. The SMILES string of the molecule is CS(=O)(=O)[O-].NC(N)=Nc1nc(CSCCN=CNS(=O)(=O)c2ccc(Br)cc2)cs1. The monoisotopic (exact) mass is 571 g/mol. The molecule has 5 N–H and O–H groups in total. The fourth-order valence-corrected chi connectivity index (χ4v) is 4.33. The third-order valence-corrected chi connectivity index (χ3v) is 6.39. The number of halogens is 1. The third kappa shape index (κ3) is 13.3. The highest BCUT2D eigenvalue weighted by molar-refractivity contribution is 9.10. The molecule has 1 aromatic carbocycles. The van der Waals surface area contributed by atoms with Crippen molar-refractivity contribution in [3.05, 3.63) is 39.8 Å². The first-order chi connectivity index (χ1) is 14.4. The zero-order valence-corrected chi connectivity index (χ0v) is 21.0. The Balaban J connectivity index is 0.000000861. The van der Waals surface area contributed by atoms with Crippen LogP contribution in [0.25, 0.3) is 0 Å². The molecule has 0 fully saturated rings. The molecule has 0 saturated heterocycles. The third-order valence-electron chi connectivity index (χ3n) is 2.80. The number of nitrogens with zero attached hydrogens (tertiary/aromatic N) is 3. The Morgan fingerprint density at radius 1 is 1.29 bits per heavy atom. The van der Waals surface area contributed by atoms with Crippen molar-refractivity contribution in [1.82, 2.24) is 9.71 Å². The molecular formula is C15H20BrN6O5S4-. The van der Waals surface area contributed by atoms with Crippen molar-refractivity contribution in [2.75, 3.05) is 18.6 Å². The second-order valence-electron chi connectivity index (χ2n) is 5.53. The van der Waals surface area contributed by atoms with Crippen molar-refractivity contribution < 1.29 is 21.4 Å². The Kier molecular flexibility index (Phi) is 11.4. The second-order valence-corrected chi connectivity index (χ2v) is 11.5. The molecule has 0 spiro atoms. The molecule has 0 atom stereocenters. The standard InChI is InChI=1S/C14H17BrN6O2S3.CH4O3S/c15-10-1-3-12(4-2-10)26(22,23)19-9-18-5-6-24-7-11-8-25-14(20-11)21-13(16)17;1-5(2,3)4/h1-4,8-9H,5-7H2,(H,18,19)(H4,16,17,20,21);1H3,(H,2,3,4)/p-1. The van der Waals surface area contributed by atoms with E-state index in [9.17, 15) is 8.42 Å². The molecule has 31 heavy (non-hydrogen) atoms. The second kappa shape index (κ2) is 13.0. The number of nitrogens with two attached hydrogens (primary N) is 2. The van der Waals surface area contributed by atoms with Gasteiger partial charge in [-0.1, -0.05) is 15.9 Å². The van der Waals surface area contributed by atoms with E-state index in [1.807, 2.05) is 5.38 Å². The fourth-order valence-electron chi connectivity index (χ4n) is 1.67. The number of hydrogen-bond acceptors (Lipinski definition) is 10. The summed E-state index contributed by atoms with van der Waals surface area (Å²) in [6.45, 7) is 0.485. The van der Waals surface area contributed by atoms with E-state index in [4.69, 9.17) is 24.4 Å². The molecule has 0 radical (unpaired) electrons. The Hall–Kier alpha value is -1.72. The summed E-state index contributed by atoms with van der Waals surface area (Å²) < 4.78 is 54.4. The van der Waals surface area contributed by atoms with E-state index in [-0.39, 0.29) is 10.9 Å². The van der Waals surface area contributed by atoms with Gasteiger partial charge in [-0.3, -0.25) is 9.71 Å². The van der Waals surface area contributed by atoms with Gasteiger partial charge in [-0.25, -0.2) is 21.8 Å². The molecular weight excluding hydrogens is 552 g/mol. The molecule has 0 aliphatic carbocycles. The van der Waals surface area contributed by atoms with Gasteiger partial charge < -0.3 is 16.0 Å². The van der Waals surface area contributed by atoms with Crippen LogP contribution >= 0.6 is 39.0 Å². The quantitative estimate of drug-likeness (QED) is 0.171. The molecule has 0 bridgehead atoms. The molecule has 11 nitrogen and oxygen atoms in total. The predicted molar refractivity (Wildman–Crippen MR) is 127 cm³/mol. The first-order valence-corrected chi connectivity index (χ1v) is 14.3. The normalized spacial score (nSPS) is 11.6. The Labute approximate surface area is 197 Å². The maximum atomic E-state index is 12.0. The van der Waals surface area contributed by atoms with Crippen LogP contribution in [0.2, 0.25) is 0 Å². The smallest absolute Gasteiger partial charge is 0.262 e. The van der Waals surface area contributed by atoms with E-state index in [1.165, 1.54) is 29.8 Å². The molecule has 0 aliphatic rings. The first-order valence-electron chi connectivity index (χ1n) is 8.15. The van der Waals surface area contributed by atoms with Crippen LogP contribution in [0.3, 0.4) is 0 Å². The first kappa shape index (κ1) is 27.3. The van der Waals surface area contributed by atoms with Gasteiger partial charge in [0.1, 0.15) is 0 Å². The van der Waals surface area contributed by atoms with E-state index in [1.54, 1.807) is 23.9 Å². The number of benzene rings is 1. The summed E-state index contributed by atoms with van der Waals surface area (Å²) in [4.78, 5) is 12.4. The number of aliphatic imine (C=N–C) groups is 2. The van der Waals surface area contributed by atoms with E-state index < -0.39 is 20.1 Å². The lowest BCUT2D eigenvalue weighted by atomic mass is 10.4. The van der Waals surface area contributed by atoms with Gasteiger partial charge in [-0.05, 0) is 24.3 Å². The van der Waals surface area contributed by atoms with Gasteiger partial charge in [0.15, 0.2) is 5.96 Å². The van der Waals surface area contributed by atoms with Gasteiger partial charge in [0.2, 0.25) is 5.13 Å². The maximum absolute atomic E-state index is 12.0. The van der Waals surface area contributed by atoms with E-state index in [0.717, 1.165) is 15.9 Å². The lowest BCUT2D eigenvalue weighted by Gasteiger charge is -2.03. The summed E-state index contributed by atoms with van der Waals surface area (Å²) in [5.41, 5.74) is 11.5. The number of thiazole rings is 1. The number of nitrogens with one attached hydrogen (secondary N) is 1. The molecule has 0 unspecified atom stereocenters. The van der Waals surface area contributed by atoms with Crippen LogP contribution in [0, 0.1) is 0 Å². The summed E-state index contributed by atoms with van der Waals surface area (Å²) in [6, 6.07) is 6.36. The lowest BCUT2D eigenvalue weighted by molar-refractivity contribution is 0.470. The summed E-state index contributed by atoms with van der Waals surface area (Å²) >= 11 is 6.27. The average molecular weight is 573 g/mol. The van der Waals surface area contributed by atoms with Crippen LogP contribution in [0.1, 0.15) is 5.69 Å². The summed E-state index contributed by atoms with van der Waals surface area (Å²) in [5, 5.41) is 2.42. The van der Waals surface area contributed by atoms with Crippen LogP contribution in [0.5, 0.6) is 0 Å². The minimum atomic E-state index is -3.92.